The molecule has 2 N–H and O–H groups in total. The second-order valence-electron chi connectivity index (χ2n) is 6.79. The molecule has 1 amide bonds. The van der Waals surface area contributed by atoms with Crippen molar-refractivity contribution < 1.29 is 4.79 Å². The third-order valence-corrected chi connectivity index (χ3v) is 4.75. The van der Waals surface area contributed by atoms with Gasteiger partial charge < -0.3 is 15.5 Å². The van der Waals surface area contributed by atoms with Crippen molar-refractivity contribution in [2.24, 2.45) is 10.9 Å². The van der Waals surface area contributed by atoms with Crippen LogP contribution in [0.5, 0.6) is 0 Å². The van der Waals surface area contributed by atoms with E-state index in [0.29, 0.717) is 29.5 Å². The molecular formula is C18H29ClIN5O. The highest BCUT2D eigenvalue weighted by Gasteiger charge is 2.22. The molecule has 1 heterocycles. The monoisotopic (exact) mass is 493 g/mol. The van der Waals surface area contributed by atoms with Gasteiger partial charge in [-0.1, -0.05) is 31.4 Å². The van der Waals surface area contributed by atoms with Gasteiger partial charge in [-0.15, -0.1) is 24.0 Å². The van der Waals surface area contributed by atoms with E-state index in [-0.39, 0.29) is 36.4 Å². The van der Waals surface area contributed by atoms with E-state index >= 15 is 0 Å². The molecule has 1 saturated carbocycles. The van der Waals surface area contributed by atoms with E-state index in [1.165, 1.54) is 19.3 Å². The first kappa shape index (κ1) is 23.0. The minimum atomic E-state index is 0. The molecule has 146 valence electrons. The van der Waals surface area contributed by atoms with Gasteiger partial charge in [0.05, 0.1) is 23.8 Å². The van der Waals surface area contributed by atoms with Gasteiger partial charge in [0.25, 0.3) is 0 Å². The lowest BCUT2D eigenvalue weighted by Gasteiger charge is -2.31. The van der Waals surface area contributed by atoms with Gasteiger partial charge in [-0.3, -0.25) is 9.78 Å². The smallest absolute Gasteiger partial charge is 0.241 e. The summed E-state index contributed by atoms with van der Waals surface area (Å²) < 4.78 is 0. The predicted molar refractivity (Wildman–Crippen MR) is 117 cm³/mol. The topological polar surface area (TPSA) is 69.6 Å². The van der Waals surface area contributed by atoms with E-state index < -0.39 is 0 Å². The molecule has 0 aliphatic heterocycles. The fourth-order valence-electron chi connectivity index (χ4n) is 2.84. The van der Waals surface area contributed by atoms with Gasteiger partial charge in [0, 0.05) is 26.3 Å². The molecule has 0 saturated heterocycles. The highest BCUT2D eigenvalue weighted by atomic mass is 127. The predicted octanol–water partition coefficient (Wildman–Crippen LogP) is 3.06. The minimum Gasteiger partial charge on any atom is -0.353 e. The molecule has 2 atom stereocenters. The molecule has 0 spiro atoms. The first-order valence-electron chi connectivity index (χ1n) is 8.81. The summed E-state index contributed by atoms with van der Waals surface area (Å²) >= 11 is 5.87. The number of aromatic nitrogens is 1. The maximum absolute atomic E-state index is 11.9. The third kappa shape index (κ3) is 7.65. The van der Waals surface area contributed by atoms with Crippen LogP contribution < -0.4 is 10.6 Å². The highest BCUT2D eigenvalue weighted by Crippen LogP contribution is 2.23. The molecule has 1 aromatic rings. The first-order valence-corrected chi connectivity index (χ1v) is 9.19. The summed E-state index contributed by atoms with van der Waals surface area (Å²) in [6, 6.07) is 4.05. The molecule has 1 fully saturated rings. The average molecular weight is 494 g/mol. The Morgan fingerprint density at radius 2 is 2.08 bits per heavy atom. The van der Waals surface area contributed by atoms with E-state index in [4.69, 9.17) is 11.6 Å². The van der Waals surface area contributed by atoms with Gasteiger partial charge >= 0.3 is 0 Å². The van der Waals surface area contributed by atoms with Crippen molar-refractivity contribution >= 4 is 47.4 Å². The second kappa shape index (κ2) is 11.6. The lowest BCUT2D eigenvalue weighted by molar-refractivity contribution is -0.127. The average Bonchev–Trinajstić information content (AvgIpc) is 2.60. The van der Waals surface area contributed by atoms with Gasteiger partial charge in [0.1, 0.15) is 0 Å². The van der Waals surface area contributed by atoms with Crippen LogP contribution in [0.4, 0.5) is 0 Å². The number of likely N-dealkylation sites (N-methyl/N-ethyl adjacent to an activating group) is 1. The number of nitrogens with one attached hydrogen (secondary N) is 2. The van der Waals surface area contributed by atoms with Crippen LogP contribution in [0.1, 0.15) is 38.3 Å². The maximum Gasteiger partial charge on any atom is 0.241 e. The maximum atomic E-state index is 11.9. The number of pyridine rings is 1. The Bertz CT molecular complexity index is 594. The zero-order valence-electron chi connectivity index (χ0n) is 15.7. The van der Waals surface area contributed by atoms with E-state index in [9.17, 15) is 4.79 Å². The lowest BCUT2D eigenvalue weighted by Crippen LogP contribution is -2.49. The van der Waals surface area contributed by atoms with Crippen LogP contribution in [-0.4, -0.2) is 48.4 Å². The Morgan fingerprint density at radius 3 is 2.69 bits per heavy atom. The molecular weight excluding hydrogens is 465 g/mol. The molecule has 0 bridgehead atoms. The molecule has 1 aromatic heterocycles. The molecule has 2 rings (SSSR count). The number of carbonyl (C=O) groups is 1. The van der Waals surface area contributed by atoms with E-state index in [1.54, 1.807) is 31.3 Å². The molecule has 0 aromatic carbocycles. The molecule has 8 heteroatoms. The van der Waals surface area contributed by atoms with Crippen LogP contribution in [0.15, 0.2) is 23.3 Å². The van der Waals surface area contributed by atoms with Crippen LogP contribution >= 0.6 is 35.6 Å². The number of hydrogen-bond donors (Lipinski definition) is 2. The Morgan fingerprint density at radius 1 is 1.35 bits per heavy atom. The van der Waals surface area contributed by atoms with Crippen LogP contribution in [0, 0.1) is 5.92 Å². The Balaban J connectivity index is 0.00000338. The van der Waals surface area contributed by atoms with Crippen molar-refractivity contribution in [3.05, 3.63) is 29.0 Å². The quantitative estimate of drug-likeness (QED) is 0.376. The van der Waals surface area contributed by atoms with E-state index in [0.717, 1.165) is 12.1 Å². The van der Waals surface area contributed by atoms with Crippen molar-refractivity contribution in [3.63, 3.8) is 0 Å². The summed E-state index contributed by atoms with van der Waals surface area (Å²) in [5, 5.41) is 7.25. The molecule has 1 aliphatic carbocycles. The summed E-state index contributed by atoms with van der Waals surface area (Å²) in [5.41, 5.74) is 0.834. The van der Waals surface area contributed by atoms with E-state index in [2.05, 4.69) is 27.5 Å². The third-order valence-electron chi connectivity index (χ3n) is 4.53. The van der Waals surface area contributed by atoms with Gasteiger partial charge in [0.2, 0.25) is 5.91 Å². The highest BCUT2D eigenvalue weighted by molar-refractivity contribution is 14.0. The molecule has 0 radical (unpaired) electrons. The minimum absolute atomic E-state index is 0. The van der Waals surface area contributed by atoms with Gasteiger partial charge in [-0.2, -0.15) is 0 Å². The fraction of sp³-hybridized carbons (Fsp3) is 0.611. The SMILES string of the molecule is CC1CCCCC1NC(=NCc1ccc(Cl)cn1)NCC(=O)N(C)C.I. The molecule has 2 unspecified atom stereocenters. The van der Waals surface area contributed by atoms with Crippen LogP contribution in [0.3, 0.4) is 0 Å². The fourth-order valence-corrected chi connectivity index (χ4v) is 2.95. The number of hydrogen-bond acceptors (Lipinski definition) is 3. The first-order chi connectivity index (χ1) is 12.0. The normalized spacial score (nSPS) is 20.1. The Hall–Kier alpha value is -1.09. The standard InChI is InChI=1S/C18H28ClN5O.HI/c1-13-6-4-5-7-16(13)23-18(22-12-17(25)24(2)3)21-11-15-9-8-14(19)10-20-15;/h8-10,13,16H,4-7,11-12H2,1-3H3,(H2,21,22,23);1H. The summed E-state index contributed by atoms with van der Waals surface area (Å²) in [5.74, 6) is 1.26. The largest absolute Gasteiger partial charge is 0.353 e. The van der Waals surface area contributed by atoms with Crippen molar-refractivity contribution in [2.45, 2.75) is 45.2 Å². The summed E-state index contributed by atoms with van der Waals surface area (Å²) in [4.78, 5) is 22.3. The number of guanidine groups is 1. The van der Waals surface area contributed by atoms with Crippen molar-refractivity contribution in [1.82, 2.24) is 20.5 Å². The van der Waals surface area contributed by atoms with Gasteiger partial charge in [-0.25, -0.2) is 4.99 Å². The Labute approximate surface area is 178 Å². The van der Waals surface area contributed by atoms with E-state index in [1.807, 2.05) is 6.07 Å². The summed E-state index contributed by atoms with van der Waals surface area (Å²) in [6.07, 6.45) is 6.48. The summed E-state index contributed by atoms with van der Waals surface area (Å²) in [7, 11) is 3.49. The molecule has 1 aliphatic rings. The summed E-state index contributed by atoms with van der Waals surface area (Å²) in [6.45, 7) is 2.91. The number of carbonyl (C=O) groups excluding carboxylic acids is 1. The molecule has 6 nitrogen and oxygen atoms in total. The van der Waals surface area contributed by atoms with Crippen LogP contribution in [0.25, 0.3) is 0 Å². The number of nitrogens with zero attached hydrogens (tertiary/aromatic N) is 3. The van der Waals surface area contributed by atoms with Crippen LogP contribution in [-0.2, 0) is 11.3 Å². The zero-order chi connectivity index (χ0) is 18.2. The lowest BCUT2D eigenvalue weighted by atomic mass is 9.86. The zero-order valence-corrected chi connectivity index (χ0v) is 18.8. The van der Waals surface area contributed by atoms with Gasteiger partial charge in [-0.05, 0) is 30.9 Å². The van der Waals surface area contributed by atoms with Crippen molar-refractivity contribution in [2.75, 3.05) is 20.6 Å². The van der Waals surface area contributed by atoms with Crippen molar-refractivity contribution in [1.29, 1.82) is 0 Å². The number of aliphatic imine (C=N–C) groups is 1. The van der Waals surface area contributed by atoms with Crippen LogP contribution in [0.2, 0.25) is 5.02 Å². The number of rotatable bonds is 5. The number of amides is 1. The van der Waals surface area contributed by atoms with Gasteiger partial charge in [0.15, 0.2) is 5.96 Å². The number of halogens is 2. The molecule has 26 heavy (non-hydrogen) atoms. The van der Waals surface area contributed by atoms with Crippen molar-refractivity contribution in [3.8, 4) is 0 Å². The second-order valence-corrected chi connectivity index (χ2v) is 7.22. The Kier molecular flexibility index (Phi) is 10.2.